The Balaban J connectivity index is 2.16. The second-order valence-corrected chi connectivity index (χ2v) is 8.27. The minimum atomic E-state index is -4.30. The molecule has 2 amide bonds. The Morgan fingerprint density at radius 1 is 1.23 bits per heavy atom. The number of nitrogens with one attached hydrogen (secondary N) is 2. The van der Waals surface area contributed by atoms with E-state index in [2.05, 4.69) is 20.6 Å². The highest BCUT2D eigenvalue weighted by Gasteiger charge is 2.37. The molecule has 2 N–H and O–H groups in total. The molecule has 0 heterocycles. The Labute approximate surface area is 205 Å². The molecule has 0 aromatic heterocycles. The molecule has 7 nitrogen and oxygen atoms in total. The van der Waals surface area contributed by atoms with E-state index in [1.807, 2.05) is 41.1 Å². The molecule has 0 bridgehead atoms. The van der Waals surface area contributed by atoms with E-state index in [1.54, 1.807) is 29.4 Å². The monoisotopic (exact) mass is 493 g/mol. The zero-order valence-electron chi connectivity index (χ0n) is 20.8. The van der Waals surface area contributed by atoms with Gasteiger partial charge in [-0.3, -0.25) is 5.01 Å². The van der Waals surface area contributed by atoms with Gasteiger partial charge in [0, 0.05) is 36.8 Å². The summed E-state index contributed by atoms with van der Waals surface area (Å²) in [5.74, 6) is -0.886. The first kappa shape index (κ1) is 28.0. The van der Waals surface area contributed by atoms with Crippen molar-refractivity contribution in [1.29, 1.82) is 0 Å². The van der Waals surface area contributed by atoms with Crippen molar-refractivity contribution in [3.05, 3.63) is 53.8 Å². The quantitative estimate of drug-likeness (QED) is 0.258. The smallest absolute Gasteiger partial charge is 0.395 e. The maximum atomic E-state index is 12.8. The highest BCUT2D eigenvalue weighted by molar-refractivity contribution is 5.91. The summed E-state index contributed by atoms with van der Waals surface area (Å²) >= 11 is 0. The van der Waals surface area contributed by atoms with E-state index < -0.39 is 18.1 Å². The zero-order chi connectivity index (χ0) is 26.0. The van der Waals surface area contributed by atoms with Crippen molar-refractivity contribution in [3.63, 3.8) is 0 Å². The van der Waals surface area contributed by atoms with Gasteiger partial charge in [-0.2, -0.15) is 18.3 Å². The Hall–Kier alpha value is -3.27. The molecular formula is C25H34F3N5O2. The Kier molecular flexibility index (Phi) is 10.4. The maximum absolute atomic E-state index is 12.8. The van der Waals surface area contributed by atoms with Crippen LogP contribution in [0.5, 0.6) is 5.75 Å². The van der Waals surface area contributed by atoms with Crippen molar-refractivity contribution >= 4 is 23.6 Å². The van der Waals surface area contributed by atoms with Crippen LogP contribution in [0.25, 0.3) is 5.70 Å². The number of carbonyl (C=O) groups excluding carboxylic acids is 1. The summed E-state index contributed by atoms with van der Waals surface area (Å²) in [6.07, 6.45) is 3.59. The van der Waals surface area contributed by atoms with E-state index in [9.17, 15) is 18.0 Å². The third-order valence-electron chi connectivity index (χ3n) is 5.21. The van der Waals surface area contributed by atoms with Crippen LogP contribution in [0.15, 0.2) is 53.3 Å². The average molecular weight is 494 g/mol. The summed E-state index contributed by atoms with van der Waals surface area (Å²) in [5.41, 5.74) is 2.34. The van der Waals surface area contributed by atoms with Crippen molar-refractivity contribution in [1.82, 2.24) is 15.2 Å². The molecule has 0 radical (unpaired) electrons. The molecule has 192 valence electrons. The molecule has 10 heteroatoms. The molecule has 1 unspecified atom stereocenters. The number of amides is 2. The topological polar surface area (TPSA) is 69.2 Å². The normalized spacial score (nSPS) is 16.4. The average Bonchev–Trinajstić information content (AvgIpc) is 2.78. The number of nitrogens with zero attached hydrogens (tertiary/aromatic N) is 3. The number of urea groups is 1. The molecule has 0 saturated heterocycles. The molecule has 1 aliphatic rings. The van der Waals surface area contributed by atoms with Crippen LogP contribution in [0.3, 0.4) is 0 Å². The number of hydrogen-bond acceptors (Lipinski definition) is 5. The van der Waals surface area contributed by atoms with Crippen LogP contribution in [0, 0.1) is 5.92 Å². The number of alkyl halides is 3. The SMILES string of the molecule is C/C=N\N(C)/C(=C\C)c1cc(NC(=O)NC2=CCC(C(F)(F)F)C=C2)ccc1OCCCN(C)C. The third kappa shape index (κ3) is 8.79. The lowest BCUT2D eigenvalue weighted by molar-refractivity contribution is -0.160. The second kappa shape index (κ2) is 13.0. The number of allylic oxidation sites excluding steroid dienone is 4. The molecule has 1 aliphatic carbocycles. The predicted molar refractivity (Wildman–Crippen MR) is 134 cm³/mol. The number of hydrazone groups is 1. The van der Waals surface area contributed by atoms with E-state index >= 15 is 0 Å². The first-order chi connectivity index (χ1) is 16.5. The van der Waals surface area contributed by atoms with Gasteiger partial charge in [0.15, 0.2) is 0 Å². The van der Waals surface area contributed by atoms with Gasteiger partial charge in [-0.25, -0.2) is 4.79 Å². The van der Waals surface area contributed by atoms with E-state index in [0.29, 0.717) is 23.7 Å². The Morgan fingerprint density at radius 3 is 2.54 bits per heavy atom. The fraction of sp³-hybridized carbons (Fsp3) is 0.440. The summed E-state index contributed by atoms with van der Waals surface area (Å²) in [5, 5.41) is 11.3. The number of carbonyl (C=O) groups is 1. The van der Waals surface area contributed by atoms with Crippen LogP contribution in [-0.4, -0.2) is 62.6 Å². The molecule has 0 spiro atoms. The molecule has 0 saturated carbocycles. The van der Waals surface area contributed by atoms with Crippen LogP contribution in [0.2, 0.25) is 0 Å². The largest absolute Gasteiger partial charge is 0.493 e. The van der Waals surface area contributed by atoms with Crippen molar-refractivity contribution < 1.29 is 22.7 Å². The summed E-state index contributed by atoms with van der Waals surface area (Å²) in [6, 6.07) is 4.72. The van der Waals surface area contributed by atoms with Gasteiger partial charge in [-0.15, -0.1) is 0 Å². The number of rotatable bonds is 10. The van der Waals surface area contributed by atoms with Crippen molar-refractivity contribution in [2.75, 3.05) is 39.6 Å². The highest BCUT2D eigenvalue weighted by Crippen LogP contribution is 2.33. The van der Waals surface area contributed by atoms with Gasteiger partial charge in [0.1, 0.15) is 5.75 Å². The Morgan fingerprint density at radius 2 is 1.97 bits per heavy atom. The van der Waals surface area contributed by atoms with Crippen LogP contribution in [0.1, 0.15) is 32.3 Å². The van der Waals surface area contributed by atoms with E-state index in [4.69, 9.17) is 4.74 Å². The van der Waals surface area contributed by atoms with Crippen LogP contribution in [0.4, 0.5) is 23.7 Å². The highest BCUT2D eigenvalue weighted by atomic mass is 19.4. The van der Waals surface area contributed by atoms with Crippen LogP contribution >= 0.6 is 0 Å². The molecule has 35 heavy (non-hydrogen) atoms. The van der Waals surface area contributed by atoms with E-state index in [-0.39, 0.29) is 6.42 Å². The lowest BCUT2D eigenvalue weighted by atomic mass is 9.99. The number of ether oxygens (including phenoxy) is 1. The van der Waals surface area contributed by atoms with E-state index in [1.165, 1.54) is 12.2 Å². The molecule has 1 atom stereocenters. The molecule has 0 aliphatic heterocycles. The minimum Gasteiger partial charge on any atom is -0.493 e. The number of hydrogen-bond donors (Lipinski definition) is 2. The van der Waals surface area contributed by atoms with Gasteiger partial charge in [0.2, 0.25) is 0 Å². The summed E-state index contributed by atoms with van der Waals surface area (Å²) in [7, 11) is 5.81. The maximum Gasteiger partial charge on any atom is 0.395 e. The molecule has 0 fully saturated rings. The van der Waals surface area contributed by atoms with Gasteiger partial charge >= 0.3 is 12.2 Å². The fourth-order valence-corrected chi connectivity index (χ4v) is 3.50. The third-order valence-corrected chi connectivity index (χ3v) is 5.21. The number of anilines is 1. The lowest BCUT2D eigenvalue weighted by Gasteiger charge is -2.21. The number of benzene rings is 1. The lowest BCUT2D eigenvalue weighted by Crippen LogP contribution is -2.29. The Bertz CT molecular complexity index is 984. The van der Waals surface area contributed by atoms with Gasteiger partial charge in [-0.1, -0.05) is 18.2 Å². The molecule has 1 aromatic rings. The van der Waals surface area contributed by atoms with Gasteiger partial charge in [0.05, 0.1) is 18.2 Å². The predicted octanol–water partition coefficient (Wildman–Crippen LogP) is 5.46. The van der Waals surface area contributed by atoms with Gasteiger partial charge in [-0.05, 0) is 65.1 Å². The van der Waals surface area contributed by atoms with Crippen molar-refractivity contribution in [2.24, 2.45) is 11.0 Å². The fourth-order valence-electron chi connectivity index (χ4n) is 3.50. The summed E-state index contributed by atoms with van der Waals surface area (Å²) in [4.78, 5) is 14.6. The first-order valence-electron chi connectivity index (χ1n) is 11.4. The molecule has 1 aromatic carbocycles. The number of halogens is 3. The van der Waals surface area contributed by atoms with Gasteiger partial charge < -0.3 is 20.3 Å². The molecule has 2 rings (SSSR count). The van der Waals surface area contributed by atoms with Crippen LogP contribution < -0.4 is 15.4 Å². The first-order valence-corrected chi connectivity index (χ1v) is 11.4. The van der Waals surface area contributed by atoms with Crippen LogP contribution in [-0.2, 0) is 0 Å². The standard InChI is InChI=1S/C25H34F3N5O2/c1-6-22(33(5)29-7-2)21-17-20(13-14-23(21)35-16-8-15-32(3)4)31-24(34)30-19-11-9-18(10-12-19)25(26,27)28/h6-7,9,11-14,17-18H,8,10,15-16H2,1-5H3,(H2,30,31,34)/b22-6-,29-7-. The van der Waals surface area contributed by atoms with E-state index in [0.717, 1.165) is 30.3 Å². The zero-order valence-corrected chi connectivity index (χ0v) is 20.8. The second-order valence-electron chi connectivity index (χ2n) is 8.27. The minimum absolute atomic E-state index is 0.214. The summed E-state index contributed by atoms with van der Waals surface area (Å²) in [6.45, 7) is 5.11. The van der Waals surface area contributed by atoms with Gasteiger partial charge in [0.25, 0.3) is 0 Å². The molecular weight excluding hydrogens is 459 g/mol. The van der Waals surface area contributed by atoms with Crippen molar-refractivity contribution in [2.45, 2.75) is 32.9 Å². The van der Waals surface area contributed by atoms with Crippen molar-refractivity contribution in [3.8, 4) is 5.75 Å². The summed E-state index contributed by atoms with van der Waals surface area (Å²) < 4.78 is 44.5.